The molecule has 1 aliphatic carbocycles. The maximum absolute atomic E-state index is 6.51. The van der Waals surface area contributed by atoms with Gasteiger partial charge in [-0.25, -0.2) is 0 Å². The van der Waals surface area contributed by atoms with Crippen molar-refractivity contribution in [2.75, 3.05) is 0 Å². The van der Waals surface area contributed by atoms with Crippen molar-refractivity contribution >= 4 is 0 Å². The molecule has 2 aliphatic heterocycles. The van der Waals surface area contributed by atoms with Crippen LogP contribution in [0.1, 0.15) is 49.4 Å². The molecule has 2 heterocycles. The molecule has 0 radical (unpaired) electrons. The first kappa shape index (κ1) is 14.5. The Balaban J connectivity index is 1.58. The predicted molar refractivity (Wildman–Crippen MR) is 92.5 cm³/mol. The highest BCUT2D eigenvalue weighted by Gasteiger charge is 2.54. The molecule has 5 rings (SSSR count). The van der Waals surface area contributed by atoms with Crippen molar-refractivity contribution in [2.45, 2.75) is 50.5 Å². The molecule has 0 aromatic heterocycles. The molecule has 1 saturated carbocycles. The van der Waals surface area contributed by atoms with E-state index >= 15 is 0 Å². The summed E-state index contributed by atoms with van der Waals surface area (Å²) >= 11 is 0. The van der Waals surface area contributed by atoms with E-state index in [2.05, 4.69) is 66.6 Å². The van der Waals surface area contributed by atoms with Crippen molar-refractivity contribution in [3.8, 4) is 5.75 Å². The van der Waals surface area contributed by atoms with E-state index in [-0.39, 0.29) is 18.2 Å². The minimum absolute atomic E-state index is 0.230. The van der Waals surface area contributed by atoms with Gasteiger partial charge in [-0.3, -0.25) is 4.84 Å². The van der Waals surface area contributed by atoms with Gasteiger partial charge >= 0.3 is 0 Å². The van der Waals surface area contributed by atoms with Crippen LogP contribution in [0, 0.1) is 5.92 Å². The molecule has 24 heavy (non-hydrogen) atoms. The zero-order valence-electron chi connectivity index (χ0n) is 14.0. The molecule has 1 saturated heterocycles. The first-order valence-electron chi connectivity index (χ1n) is 9.08. The topological polar surface area (TPSA) is 21.7 Å². The van der Waals surface area contributed by atoms with Gasteiger partial charge in [0.05, 0.1) is 18.2 Å². The lowest BCUT2D eigenvalue weighted by atomic mass is 9.75. The highest BCUT2D eigenvalue weighted by Crippen LogP contribution is 2.54. The zero-order chi connectivity index (χ0) is 16.1. The maximum atomic E-state index is 6.51. The lowest BCUT2D eigenvalue weighted by Gasteiger charge is -2.41. The summed E-state index contributed by atoms with van der Waals surface area (Å²) in [5.41, 5.74) is 2.59. The quantitative estimate of drug-likeness (QED) is 0.802. The Morgan fingerprint density at radius 3 is 2.58 bits per heavy atom. The van der Waals surface area contributed by atoms with Crippen LogP contribution in [0.2, 0.25) is 0 Å². The Kier molecular flexibility index (Phi) is 3.39. The molecule has 0 N–H and O–H groups in total. The van der Waals surface area contributed by atoms with Gasteiger partial charge in [-0.2, -0.15) is 5.06 Å². The SMILES string of the molecule is C[C@H](c1ccccc1)N1O[C@@H]2CCC[C@@H]3Oc4ccccc4[C@H]1[C@@H]32. The van der Waals surface area contributed by atoms with Crippen molar-refractivity contribution in [3.05, 3.63) is 65.7 Å². The van der Waals surface area contributed by atoms with E-state index in [1.807, 2.05) is 0 Å². The third-order valence-corrected chi connectivity index (χ3v) is 5.91. The van der Waals surface area contributed by atoms with Gasteiger partial charge < -0.3 is 4.74 Å². The number of hydrogen-bond acceptors (Lipinski definition) is 3. The number of ether oxygens (including phenoxy) is 1. The normalized spacial score (nSPS) is 32.5. The van der Waals surface area contributed by atoms with E-state index in [1.54, 1.807) is 0 Å². The van der Waals surface area contributed by atoms with Crippen LogP contribution in [-0.2, 0) is 4.84 Å². The maximum Gasteiger partial charge on any atom is 0.124 e. The molecule has 124 valence electrons. The summed E-state index contributed by atoms with van der Waals surface area (Å²) in [6.45, 7) is 2.25. The van der Waals surface area contributed by atoms with Gasteiger partial charge in [0.1, 0.15) is 11.9 Å². The summed E-state index contributed by atoms with van der Waals surface area (Å²) in [7, 11) is 0. The number of hydrogen-bond donors (Lipinski definition) is 0. The molecular formula is C21H23NO2. The molecule has 5 atom stereocenters. The Labute approximate surface area is 143 Å². The Bertz CT molecular complexity index is 732. The van der Waals surface area contributed by atoms with Crippen LogP contribution in [0.3, 0.4) is 0 Å². The standard InChI is InChI=1S/C21H23NO2/c1-14(15-8-3-2-4-9-15)22-21-16-10-5-6-11-17(16)23-18-12-7-13-19(24-22)20(18)21/h2-6,8-11,14,18-21H,7,12-13H2,1H3/t14-,18+,19-,20+,21+/m1/s1. The average molecular weight is 321 g/mol. The Morgan fingerprint density at radius 1 is 0.958 bits per heavy atom. The zero-order valence-corrected chi connectivity index (χ0v) is 14.0. The van der Waals surface area contributed by atoms with Crippen molar-refractivity contribution in [1.29, 1.82) is 0 Å². The van der Waals surface area contributed by atoms with Crippen LogP contribution < -0.4 is 4.74 Å². The fraction of sp³-hybridized carbons (Fsp3) is 0.429. The summed E-state index contributed by atoms with van der Waals surface area (Å²) in [5, 5.41) is 2.25. The number of para-hydroxylation sites is 1. The summed E-state index contributed by atoms with van der Waals surface area (Å²) in [6, 6.07) is 19.7. The van der Waals surface area contributed by atoms with Crippen molar-refractivity contribution in [2.24, 2.45) is 5.92 Å². The van der Waals surface area contributed by atoms with Gasteiger partial charge in [-0.1, -0.05) is 48.5 Å². The van der Waals surface area contributed by atoms with E-state index in [0.29, 0.717) is 12.0 Å². The minimum Gasteiger partial charge on any atom is -0.490 e. The number of rotatable bonds is 2. The summed E-state index contributed by atoms with van der Waals surface area (Å²) < 4.78 is 6.34. The number of hydroxylamine groups is 2. The second-order valence-corrected chi connectivity index (χ2v) is 7.24. The molecule has 0 unspecified atom stereocenters. The predicted octanol–water partition coefficient (Wildman–Crippen LogP) is 4.67. The van der Waals surface area contributed by atoms with Crippen LogP contribution in [-0.4, -0.2) is 17.3 Å². The minimum atomic E-state index is 0.230. The second-order valence-electron chi connectivity index (χ2n) is 7.24. The first-order valence-corrected chi connectivity index (χ1v) is 9.08. The molecular weight excluding hydrogens is 298 g/mol. The van der Waals surface area contributed by atoms with Crippen LogP contribution in [0.4, 0.5) is 0 Å². The third kappa shape index (κ3) is 2.11. The highest BCUT2D eigenvalue weighted by molar-refractivity contribution is 5.40. The average Bonchev–Trinajstić information content (AvgIpc) is 3.03. The molecule has 3 nitrogen and oxygen atoms in total. The van der Waals surface area contributed by atoms with Gasteiger partial charge in [0.25, 0.3) is 0 Å². The lowest BCUT2D eigenvalue weighted by Crippen LogP contribution is -2.43. The van der Waals surface area contributed by atoms with E-state index in [1.165, 1.54) is 17.5 Å². The number of nitrogens with zero attached hydrogens (tertiary/aromatic N) is 1. The summed E-state index contributed by atoms with van der Waals surface area (Å²) in [5.74, 6) is 1.49. The number of benzene rings is 2. The van der Waals surface area contributed by atoms with E-state index in [4.69, 9.17) is 9.57 Å². The van der Waals surface area contributed by atoms with Gasteiger partial charge in [0.15, 0.2) is 0 Å². The smallest absolute Gasteiger partial charge is 0.124 e. The summed E-state index contributed by atoms with van der Waals surface area (Å²) in [6.07, 6.45) is 4.04. The molecule has 2 aromatic carbocycles. The van der Waals surface area contributed by atoms with E-state index in [0.717, 1.165) is 18.6 Å². The number of fused-ring (bicyclic) bond motifs is 2. The molecule has 2 fully saturated rings. The fourth-order valence-corrected chi connectivity index (χ4v) is 4.75. The van der Waals surface area contributed by atoms with E-state index in [9.17, 15) is 0 Å². The fourth-order valence-electron chi connectivity index (χ4n) is 4.75. The van der Waals surface area contributed by atoms with Crippen molar-refractivity contribution in [3.63, 3.8) is 0 Å². The molecule has 3 heteroatoms. The van der Waals surface area contributed by atoms with Crippen LogP contribution in [0.15, 0.2) is 54.6 Å². The first-order chi connectivity index (χ1) is 11.8. The van der Waals surface area contributed by atoms with Gasteiger partial charge in [0, 0.05) is 11.5 Å². The molecule has 0 bridgehead atoms. The van der Waals surface area contributed by atoms with E-state index < -0.39 is 0 Å². The van der Waals surface area contributed by atoms with Gasteiger partial charge in [-0.05, 0) is 37.8 Å². The third-order valence-electron chi connectivity index (χ3n) is 5.91. The Morgan fingerprint density at radius 2 is 1.71 bits per heavy atom. The molecule has 0 spiro atoms. The monoisotopic (exact) mass is 321 g/mol. The van der Waals surface area contributed by atoms with Crippen LogP contribution >= 0.6 is 0 Å². The van der Waals surface area contributed by atoms with Crippen molar-refractivity contribution in [1.82, 2.24) is 5.06 Å². The lowest BCUT2D eigenvalue weighted by molar-refractivity contribution is -0.191. The second kappa shape index (κ2) is 5.61. The van der Waals surface area contributed by atoms with Crippen molar-refractivity contribution < 1.29 is 9.57 Å². The highest BCUT2D eigenvalue weighted by atomic mass is 16.7. The summed E-state index contributed by atoms with van der Waals surface area (Å²) in [4.78, 5) is 6.51. The molecule has 0 amide bonds. The Hall–Kier alpha value is -1.84. The molecule has 3 aliphatic rings. The largest absolute Gasteiger partial charge is 0.490 e. The van der Waals surface area contributed by atoms with Crippen LogP contribution in [0.25, 0.3) is 0 Å². The van der Waals surface area contributed by atoms with Crippen LogP contribution in [0.5, 0.6) is 5.75 Å². The molecule has 2 aromatic rings. The van der Waals surface area contributed by atoms with Gasteiger partial charge in [0.2, 0.25) is 0 Å². The van der Waals surface area contributed by atoms with Gasteiger partial charge in [-0.15, -0.1) is 0 Å².